The summed E-state index contributed by atoms with van der Waals surface area (Å²) in [5, 5.41) is 4.25. The molecular formula is C12H18Cl2N2O. The minimum absolute atomic E-state index is 0.557. The van der Waals surface area contributed by atoms with E-state index in [-0.39, 0.29) is 0 Å². The smallest absolute Gasteiger partial charge is 0.142 e. The molecule has 0 heterocycles. The fraction of sp³-hybridized carbons (Fsp3) is 0.500. The highest BCUT2D eigenvalue weighted by atomic mass is 35.5. The van der Waals surface area contributed by atoms with Crippen LogP contribution in [0.4, 0.5) is 0 Å². The summed E-state index contributed by atoms with van der Waals surface area (Å²) in [7, 11) is 5.88. The summed E-state index contributed by atoms with van der Waals surface area (Å²) < 4.78 is 5.71. The standard InChI is InChI=1S/C12H18Cl2N2O/c1-15-8-9-6-10(13)7-11(14)12(9)17-5-4-16(2)3/h6-7,15H,4-5,8H2,1-3H3. The van der Waals surface area contributed by atoms with E-state index in [2.05, 4.69) is 10.2 Å². The van der Waals surface area contributed by atoms with Crippen molar-refractivity contribution in [3.05, 3.63) is 27.7 Å². The molecule has 0 radical (unpaired) electrons. The average Bonchev–Trinajstić information content (AvgIpc) is 2.21. The Bertz CT molecular complexity index is 370. The largest absolute Gasteiger partial charge is 0.490 e. The number of halogens is 2. The van der Waals surface area contributed by atoms with E-state index < -0.39 is 0 Å². The molecule has 0 aromatic heterocycles. The van der Waals surface area contributed by atoms with Crippen LogP contribution in [-0.4, -0.2) is 39.2 Å². The first-order chi connectivity index (χ1) is 8.04. The fourth-order valence-corrected chi connectivity index (χ4v) is 2.02. The van der Waals surface area contributed by atoms with Crippen molar-refractivity contribution in [2.45, 2.75) is 6.54 Å². The predicted molar refractivity (Wildman–Crippen MR) is 73.3 cm³/mol. The minimum Gasteiger partial charge on any atom is -0.490 e. The monoisotopic (exact) mass is 276 g/mol. The molecule has 1 N–H and O–H groups in total. The van der Waals surface area contributed by atoms with Crippen LogP contribution in [-0.2, 0) is 6.54 Å². The van der Waals surface area contributed by atoms with E-state index in [1.54, 1.807) is 6.07 Å². The van der Waals surface area contributed by atoms with Crippen molar-refractivity contribution in [1.82, 2.24) is 10.2 Å². The second-order valence-electron chi connectivity index (χ2n) is 4.06. The third-order valence-electron chi connectivity index (χ3n) is 2.24. The molecule has 0 unspecified atom stereocenters. The molecule has 0 fully saturated rings. The molecule has 17 heavy (non-hydrogen) atoms. The summed E-state index contributed by atoms with van der Waals surface area (Å²) in [6, 6.07) is 3.57. The Morgan fingerprint density at radius 3 is 2.59 bits per heavy atom. The van der Waals surface area contributed by atoms with Gasteiger partial charge in [-0.05, 0) is 33.3 Å². The predicted octanol–water partition coefficient (Wildman–Crippen LogP) is 2.65. The maximum atomic E-state index is 6.13. The molecule has 3 nitrogen and oxygen atoms in total. The molecule has 0 aliphatic rings. The summed E-state index contributed by atoms with van der Waals surface area (Å²) in [6.07, 6.45) is 0. The lowest BCUT2D eigenvalue weighted by atomic mass is 10.2. The zero-order chi connectivity index (χ0) is 12.8. The van der Waals surface area contributed by atoms with Crippen molar-refractivity contribution in [3.63, 3.8) is 0 Å². The van der Waals surface area contributed by atoms with Crippen LogP contribution in [0, 0.1) is 0 Å². The highest BCUT2D eigenvalue weighted by molar-refractivity contribution is 6.35. The molecule has 0 aliphatic carbocycles. The number of hydrogen-bond acceptors (Lipinski definition) is 3. The molecule has 0 atom stereocenters. The second-order valence-corrected chi connectivity index (χ2v) is 4.90. The van der Waals surface area contributed by atoms with Crippen molar-refractivity contribution in [1.29, 1.82) is 0 Å². The lowest BCUT2D eigenvalue weighted by molar-refractivity contribution is 0.259. The van der Waals surface area contributed by atoms with E-state index in [1.165, 1.54) is 0 Å². The van der Waals surface area contributed by atoms with E-state index >= 15 is 0 Å². The summed E-state index contributed by atoms with van der Waals surface area (Å²) >= 11 is 12.1. The molecule has 0 saturated heterocycles. The first kappa shape index (κ1) is 14.6. The molecule has 1 aromatic carbocycles. The zero-order valence-corrected chi connectivity index (χ0v) is 11.9. The molecule has 0 spiro atoms. The Hall–Kier alpha value is -0.480. The summed E-state index contributed by atoms with van der Waals surface area (Å²) in [5.41, 5.74) is 0.976. The summed E-state index contributed by atoms with van der Waals surface area (Å²) in [4.78, 5) is 2.06. The van der Waals surface area contributed by atoms with Gasteiger partial charge in [0, 0.05) is 23.7 Å². The van der Waals surface area contributed by atoms with Crippen molar-refractivity contribution < 1.29 is 4.74 Å². The van der Waals surface area contributed by atoms with Crippen LogP contribution in [0.2, 0.25) is 10.0 Å². The van der Waals surface area contributed by atoms with Crippen LogP contribution in [0.1, 0.15) is 5.56 Å². The molecule has 0 amide bonds. The fourth-order valence-electron chi connectivity index (χ4n) is 1.43. The molecular weight excluding hydrogens is 259 g/mol. The molecule has 0 aliphatic heterocycles. The topological polar surface area (TPSA) is 24.5 Å². The van der Waals surface area contributed by atoms with Crippen LogP contribution in [0.5, 0.6) is 5.75 Å². The van der Waals surface area contributed by atoms with Crippen LogP contribution < -0.4 is 10.1 Å². The molecule has 0 bridgehead atoms. The number of likely N-dealkylation sites (N-methyl/N-ethyl adjacent to an activating group) is 1. The molecule has 5 heteroatoms. The van der Waals surface area contributed by atoms with Gasteiger partial charge in [-0.1, -0.05) is 23.2 Å². The number of rotatable bonds is 6. The Balaban J connectivity index is 2.80. The molecule has 1 aromatic rings. The van der Waals surface area contributed by atoms with Gasteiger partial charge >= 0.3 is 0 Å². The highest BCUT2D eigenvalue weighted by Gasteiger charge is 2.10. The number of nitrogens with one attached hydrogen (secondary N) is 1. The third-order valence-corrected chi connectivity index (χ3v) is 2.74. The Kier molecular flexibility index (Phi) is 6.06. The van der Waals surface area contributed by atoms with Crippen LogP contribution in [0.15, 0.2) is 12.1 Å². The lowest BCUT2D eigenvalue weighted by Gasteiger charge is -2.15. The van der Waals surface area contributed by atoms with Gasteiger partial charge in [-0.25, -0.2) is 0 Å². The van der Waals surface area contributed by atoms with Gasteiger partial charge in [-0.15, -0.1) is 0 Å². The van der Waals surface area contributed by atoms with Gasteiger partial charge in [-0.3, -0.25) is 0 Å². The van der Waals surface area contributed by atoms with Gasteiger partial charge in [0.2, 0.25) is 0 Å². The number of benzene rings is 1. The van der Waals surface area contributed by atoms with Gasteiger partial charge in [0.15, 0.2) is 0 Å². The summed E-state index contributed by atoms with van der Waals surface area (Å²) in [5.74, 6) is 0.715. The van der Waals surface area contributed by atoms with Crippen molar-refractivity contribution in [3.8, 4) is 5.75 Å². The second kappa shape index (κ2) is 7.07. The first-order valence-electron chi connectivity index (χ1n) is 5.44. The third kappa shape index (κ3) is 4.72. The minimum atomic E-state index is 0.557. The van der Waals surface area contributed by atoms with Crippen LogP contribution in [0.3, 0.4) is 0 Å². The SMILES string of the molecule is CNCc1cc(Cl)cc(Cl)c1OCCN(C)C. The highest BCUT2D eigenvalue weighted by Crippen LogP contribution is 2.32. The van der Waals surface area contributed by atoms with Crippen molar-refractivity contribution in [2.75, 3.05) is 34.3 Å². The Labute approximate surface area is 113 Å². The van der Waals surface area contributed by atoms with Crippen LogP contribution >= 0.6 is 23.2 Å². The van der Waals surface area contributed by atoms with E-state index in [1.807, 2.05) is 27.2 Å². The normalized spacial score (nSPS) is 10.9. The zero-order valence-electron chi connectivity index (χ0n) is 10.4. The maximum Gasteiger partial charge on any atom is 0.142 e. The Morgan fingerprint density at radius 2 is 2.00 bits per heavy atom. The molecule has 0 saturated carbocycles. The molecule has 96 valence electrons. The average molecular weight is 277 g/mol. The number of nitrogens with zero attached hydrogens (tertiary/aromatic N) is 1. The first-order valence-corrected chi connectivity index (χ1v) is 6.20. The van der Waals surface area contributed by atoms with Gasteiger partial charge in [0.05, 0.1) is 5.02 Å². The van der Waals surface area contributed by atoms with Gasteiger partial charge in [0.25, 0.3) is 0 Å². The van der Waals surface area contributed by atoms with E-state index in [0.29, 0.717) is 28.9 Å². The van der Waals surface area contributed by atoms with E-state index in [4.69, 9.17) is 27.9 Å². The van der Waals surface area contributed by atoms with Gasteiger partial charge in [-0.2, -0.15) is 0 Å². The van der Waals surface area contributed by atoms with Gasteiger partial charge in [0.1, 0.15) is 12.4 Å². The van der Waals surface area contributed by atoms with Gasteiger partial charge < -0.3 is 15.0 Å². The van der Waals surface area contributed by atoms with Crippen molar-refractivity contribution >= 4 is 23.2 Å². The number of ether oxygens (including phenoxy) is 1. The Morgan fingerprint density at radius 1 is 1.29 bits per heavy atom. The van der Waals surface area contributed by atoms with Crippen LogP contribution in [0.25, 0.3) is 0 Å². The summed E-state index contributed by atoms with van der Waals surface area (Å²) in [6.45, 7) is 2.13. The van der Waals surface area contributed by atoms with Crippen molar-refractivity contribution in [2.24, 2.45) is 0 Å². The molecule has 1 rings (SSSR count). The quantitative estimate of drug-likeness (QED) is 0.865. The number of hydrogen-bond donors (Lipinski definition) is 1. The maximum absolute atomic E-state index is 6.13. The lowest BCUT2D eigenvalue weighted by Crippen LogP contribution is -2.20. The van der Waals surface area contributed by atoms with E-state index in [0.717, 1.165) is 12.1 Å². The van der Waals surface area contributed by atoms with E-state index in [9.17, 15) is 0 Å².